The van der Waals surface area contributed by atoms with Gasteiger partial charge in [0.25, 0.3) is 0 Å². The van der Waals surface area contributed by atoms with Crippen LogP contribution in [0.15, 0.2) is 48.5 Å². The molecule has 8 heteroatoms. The predicted octanol–water partition coefficient (Wildman–Crippen LogP) is 5.37. The Hall–Kier alpha value is -2.12. The maximum absolute atomic E-state index is 6.15. The van der Waals surface area contributed by atoms with Crippen LogP contribution in [0, 0.1) is 13.8 Å². The topological polar surface area (TPSA) is 36.3 Å². The quantitative estimate of drug-likeness (QED) is 0.489. The van der Waals surface area contributed by atoms with Gasteiger partial charge >= 0.3 is 0 Å². The van der Waals surface area contributed by atoms with Crippen LogP contribution in [0.4, 0.5) is 5.69 Å². The van der Waals surface area contributed by atoms with E-state index in [0.717, 1.165) is 61.5 Å². The molecule has 0 aliphatic carbocycles. The van der Waals surface area contributed by atoms with Gasteiger partial charge in [-0.2, -0.15) is 5.10 Å². The van der Waals surface area contributed by atoms with E-state index in [1.54, 1.807) is 0 Å². The zero-order chi connectivity index (χ0) is 22.7. The predicted molar refractivity (Wildman–Crippen MR) is 137 cm³/mol. The van der Waals surface area contributed by atoms with E-state index in [1.807, 2.05) is 35.9 Å². The Bertz CT molecular complexity index is 1090. The first-order valence-electron chi connectivity index (χ1n) is 10.7. The number of aryl methyl sites for hydroxylation is 1. The van der Waals surface area contributed by atoms with Crippen LogP contribution in [0.3, 0.4) is 0 Å². The van der Waals surface area contributed by atoms with E-state index in [9.17, 15) is 0 Å². The molecule has 1 N–H and O–H groups in total. The van der Waals surface area contributed by atoms with Crippen LogP contribution in [-0.4, -0.2) is 50.9 Å². The van der Waals surface area contributed by atoms with Gasteiger partial charge in [0.1, 0.15) is 0 Å². The molecule has 2 aromatic carbocycles. The lowest BCUT2D eigenvalue weighted by atomic mass is 10.2. The second-order valence-corrected chi connectivity index (χ2v) is 9.33. The van der Waals surface area contributed by atoms with Crippen molar-refractivity contribution in [2.24, 2.45) is 0 Å². The van der Waals surface area contributed by atoms with Gasteiger partial charge in [-0.1, -0.05) is 59.6 Å². The normalized spacial score (nSPS) is 14.6. The Morgan fingerprint density at radius 3 is 2.34 bits per heavy atom. The van der Waals surface area contributed by atoms with Gasteiger partial charge in [-0.05, 0) is 49.3 Å². The smallest absolute Gasteiger partial charge is 0.173 e. The molecule has 0 amide bonds. The number of benzene rings is 2. The Morgan fingerprint density at radius 1 is 0.938 bits per heavy atom. The fourth-order valence-corrected chi connectivity index (χ4v) is 4.58. The number of thiocarbonyl (C=S) groups is 1. The highest BCUT2D eigenvalue weighted by Gasteiger charge is 2.21. The summed E-state index contributed by atoms with van der Waals surface area (Å²) in [5.74, 6) is 0. The number of anilines is 1. The van der Waals surface area contributed by atoms with Crippen molar-refractivity contribution < 1.29 is 0 Å². The summed E-state index contributed by atoms with van der Waals surface area (Å²) in [6, 6.07) is 16.2. The van der Waals surface area contributed by atoms with Crippen LogP contribution >= 0.6 is 35.4 Å². The third-order valence-corrected chi connectivity index (χ3v) is 6.94. The standard InChI is InChI=1S/C24H27Cl2N5S/c1-17-23(18(2)31(28-17)16-19-6-4-3-5-7-19)27-24(32)30-12-10-29(11-13-30)15-20-8-9-21(25)22(26)14-20/h3-9,14H,10-13,15-16H2,1-2H3,(H,27,32). The average molecular weight is 488 g/mol. The Morgan fingerprint density at radius 2 is 1.66 bits per heavy atom. The van der Waals surface area contributed by atoms with Gasteiger partial charge < -0.3 is 10.2 Å². The highest BCUT2D eigenvalue weighted by molar-refractivity contribution is 7.80. The van der Waals surface area contributed by atoms with Crippen molar-refractivity contribution in [1.82, 2.24) is 19.6 Å². The van der Waals surface area contributed by atoms with E-state index < -0.39 is 0 Å². The molecule has 5 nitrogen and oxygen atoms in total. The largest absolute Gasteiger partial charge is 0.346 e. The zero-order valence-corrected chi connectivity index (χ0v) is 20.6. The van der Waals surface area contributed by atoms with Crippen molar-refractivity contribution in [3.05, 3.63) is 81.1 Å². The van der Waals surface area contributed by atoms with Gasteiger partial charge in [-0.25, -0.2) is 0 Å². The first-order chi connectivity index (χ1) is 15.4. The number of nitrogens with zero attached hydrogens (tertiary/aromatic N) is 4. The summed E-state index contributed by atoms with van der Waals surface area (Å²) >= 11 is 17.9. The monoisotopic (exact) mass is 487 g/mol. The first-order valence-corrected chi connectivity index (χ1v) is 11.9. The number of aromatic nitrogens is 2. The molecule has 3 aromatic rings. The molecule has 0 saturated carbocycles. The number of rotatable bonds is 5. The molecule has 1 aliphatic rings. The Labute approximate surface area is 204 Å². The summed E-state index contributed by atoms with van der Waals surface area (Å²) in [7, 11) is 0. The number of hydrogen-bond acceptors (Lipinski definition) is 3. The van der Waals surface area contributed by atoms with Crippen molar-refractivity contribution in [1.29, 1.82) is 0 Å². The summed E-state index contributed by atoms with van der Waals surface area (Å²) < 4.78 is 2.03. The van der Waals surface area contributed by atoms with Gasteiger partial charge in [-0.3, -0.25) is 9.58 Å². The highest BCUT2D eigenvalue weighted by atomic mass is 35.5. The molecule has 0 radical (unpaired) electrons. The fourth-order valence-electron chi connectivity index (χ4n) is 3.98. The van der Waals surface area contributed by atoms with E-state index in [-0.39, 0.29) is 0 Å². The molecular weight excluding hydrogens is 461 g/mol. The Kier molecular flexibility index (Phi) is 7.36. The van der Waals surface area contributed by atoms with Gasteiger partial charge in [-0.15, -0.1) is 0 Å². The molecule has 168 valence electrons. The molecule has 1 aromatic heterocycles. The molecule has 0 spiro atoms. The molecule has 1 fully saturated rings. The summed E-state index contributed by atoms with van der Waals surface area (Å²) in [4.78, 5) is 4.64. The van der Waals surface area contributed by atoms with E-state index >= 15 is 0 Å². The third-order valence-electron chi connectivity index (χ3n) is 5.84. The van der Waals surface area contributed by atoms with E-state index in [2.05, 4.69) is 46.3 Å². The lowest BCUT2D eigenvalue weighted by Crippen LogP contribution is -2.49. The molecule has 0 unspecified atom stereocenters. The Balaban J connectivity index is 1.33. The maximum Gasteiger partial charge on any atom is 0.173 e. The van der Waals surface area contributed by atoms with Gasteiger partial charge in [0, 0.05) is 32.7 Å². The van der Waals surface area contributed by atoms with Crippen LogP contribution in [0.25, 0.3) is 0 Å². The second-order valence-electron chi connectivity index (χ2n) is 8.13. The van der Waals surface area contributed by atoms with Crippen LogP contribution in [0.2, 0.25) is 10.0 Å². The SMILES string of the molecule is Cc1nn(Cc2ccccc2)c(C)c1NC(=S)N1CCN(Cc2ccc(Cl)c(Cl)c2)CC1. The average Bonchev–Trinajstić information content (AvgIpc) is 3.05. The highest BCUT2D eigenvalue weighted by Crippen LogP contribution is 2.24. The van der Waals surface area contributed by atoms with Crippen molar-refractivity contribution in [2.45, 2.75) is 26.9 Å². The number of hydrogen-bond donors (Lipinski definition) is 1. The molecule has 0 bridgehead atoms. The molecule has 1 aliphatic heterocycles. The summed E-state index contributed by atoms with van der Waals surface area (Å²) in [5, 5.41) is 10.1. The summed E-state index contributed by atoms with van der Waals surface area (Å²) in [5.41, 5.74) is 5.45. The van der Waals surface area contributed by atoms with E-state index in [1.165, 1.54) is 11.1 Å². The lowest BCUT2D eigenvalue weighted by molar-refractivity contribution is 0.177. The molecule has 4 rings (SSSR count). The summed E-state index contributed by atoms with van der Waals surface area (Å²) in [6.07, 6.45) is 0. The van der Waals surface area contributed by atoms with Gasteiger partial charge in [0.05, 0.1) is 33.7 Å². The molecule has 32 heavy (non-hydrogen) atoms. The number of nitrogens with one attached hydrogen (secondary N) is 1. The van der Waals surface area contributed by atoms with Crippen LogP contribution < -0.4 is 5.32 Å². The van der Waals surface area contributed by atoms with Crippen molar-refractivity contribution in [2.75, 3.05) is 31.5 Å². The van der Waals surface area contributed by atoms with Crippen LogP contribution in [0.5, 0.6) is 0 Å². The minimum absolute atomic E-state index is 0.592. The van der Waals surface area contributed by atoms with Crippen molar-refractivity contribution in [3.8, 4) is 0 Å². The van der Waals surface area contributed by atoms with E-state index in [0.29, 0.717) is 10.0 Å². The third kappa shape index (κ3) is 5.44. The van der Waals surface area contributed by atoms with Crippen molar-refractivity contribution in [3.63, 3.8) is 0 Å². The zero-order valence-electron chi connectivity index (χ0n) is 18.3. The summed E-state index contributed by atoms with van der Waals surface area (Å²) in [6.45, 7) is 9.34. The molecule has 2 heterocycles. The van der Waals surface area contributed by atoms with Crippen LogP contribution in [0.1, 0.15) is 22.5 Å². The number of piperazine rings is 1. The van der Waals surface area contributed by atoms with Gasteiger partial charge in [0.15, 0.2) is 5.11 Å². The minimum Gasteiger partial charge on any atom is -0.346 e. The van der Waals surface area contributed by atoms with Gasteiger partial charge in [0.2, 0.25) is 0 Å². The van der Waals surface area contributed by atoms with E-state index in [4.69, 9.17) is 40.5 Å². The first kappa shape index (κ1) is 23.1. The lowest BCUT2D eigenvalue weighted by Gasteiger charge is -2.36. The number of halogens is 2. The fraction of sp³-hybridized carbons (Fsp3) is 0.333. The second kappa shape index (κ2) is 10.2. The molecular formula is C24H27Cl2N5S. The minimum atomic E-state index is 0.592. The van der Waals surface area contributed by atoms with Crippen molar-refractivity contribution >= 4 is 46.2 Å². The molecule has 1 saturated heterocycles. The maximum atomic E-state index is 6.15. The van der Waals surface area contributed by atoms with Crippen LogP contribution in [-0.2, 0) is 13.1 Å². The molecule has 0 atom stereocenters.